The Bertz CT molecular complexity index is 454. The van der Waals surface area contributed by atoms with E-state index >= 15 is 0 Å². The number of aromatic nitrogens is 2. The SMILES string of the molecule is Nc1cc(-c2cc(F)cc(Cl)c2)nc(N)n1. The molecular formula is C10H8ClFN4. The van der Waals surface area contributed by atoms with Crippen LogP contribution in [0, 0.1) is 5.82 Å². The Morgan fingerprint density at radius 2 is 1.81 bits per heavy atom. The summed E-state index contributed by atoms with van der Waals surface area (Å²) in [6.07, 6.45) is 0. The molecule has 0 spiro atoms. The van der Waals surface area contributed by atoms with Gasteiger partial charge in [-0.05, 0) is 18.2 Å². The Morgan fingerprint density at radius 1 is 1.06 bits per heavy atom. The maximum Gasteiger partial charge on any atom is 0.222 e. The molecule has 4 nitrogen and oxygen atoms in total. The Balaban J connectivity index is 2.57. The second kappa shape index (κ2) is 3.94. The number of halogens is 2. The van der Waals surface area contributed by atoms with Crippen LogP contribution in [0.3, 0.4) is 0 Å². The van der Waals surface area contributed by atoms with Crippen LogP contribution in [0.4, 0.5) is 16.2 Å². The zero-order valence-corrected chi connectivity index (χ0v) is 8.87. The van der Waals surface area contributed by atoms with Crippen molar-refractivity contribution in [1.82, 2.24) is 9.97 Å². The molecule has 0 aliphatic rings. The van der Waals surface area contributed by atoms with E-state index in [2.05, 4.69) is 9.97 Å². The van der Waals surface area contributed by atoms with Gasteiger partial charge in [-0.1, -0.05) is 11.6 Å². The van der Waals surface area contributed by atoms with E-state index in [-0.39, 0.29) is 16.8 Å². The van der Waals surface area contributed by atoms with E-state index in [9.17, 15) is 4.39 Å². The Kier molecular flexibility index (Phi) is 2.62. The Morgan fingerprint density at radius 3 is 2.44 bits per heavy atom. The first kappa shape index (κ1) is 10.6. The molecule has 2 aromatic rings. The Labute approximate surface area is 96.1 Å². The van der Waals surface area contributed by atoms with Crippen molar-refractivity contribution in [2.24, 2.45) is 0 Å². The average Bonchev–Trinajstić information content (AvgIpc) is 2.14. The number of nitrogens with zero attached hydrogens (tertiary/aromatic N) is 2. The van der Waals surface area contributed by atoms with Crippen molar-refractivity contribution < 1.29 is 4.39 Å². The zero-order chi connectivity index (χ0) is 11.7. The van der Waals surface area contributed by atoms with Gasteiger partial charge in [0.05, 0.1) is 5.69 Å². The molecule has 0 saturated carbocycles. The molecule has 6 heteroatoms. The molecule has 1 aromatic heterocycles. The minimum atomic E-state index is -0.446. The summed E-state index contributed by atoms with van der Waals surface area (Å²) in [5.41, 5.74) is 11.9. The van der Waals surface area contributed by atoms with Crippen LogP contribution in [0.2, 0.25) is 5.02 Å². The maximum atomic E-state index is 13.1. The van der Waals surface area contributed by atoms with Crippen LogP contribution >= 0.6 is 11.6 Å². The Hall–Kier alpha value is -1.88. The summed E-state index contributed by atoms with van der Waals surface area (Å²) < 4.78 is 13.1. The molecule has 0 saturated heterocycles. The monoisotopic (exact) mass is 238 g/mol. The van der Waals surface area contributed by atoms with E-state index in [1.807, 2.05) is 0 Å². The van der Waals surface area contributed by atoms with Gasteiger partial charge in [0.1, 0.15) is 11.6 Å². The van der Waals surface area contributed by atoms with Gasteiger partial charge in [0.15, 0.2) is 0 Å². The van der Waals surface area contributed by atoms with Crippen molar-refractivity contribution in [1.29, 1.82) is 0 Å². The fourth-order valence-corrected chi connectivity index (χ4v) is 1.56. The smallest absolute Gasteiger partial charge is 0.222 e. The first-order valence-electron chi connectivity index (χ1n) is 4.41. The van der Waals surface area contributed by atoms with Crippen LogP contribution in [0.25, 0.3) is 11.3 Å². The van der Waals surface area contributed by atoms with E-state index in [1.165, 1.54) is 18.2 Å². The van der Waals surface area contributed by atoms with Crippen molar-refractivity contribution in [3.8, 4) is 11.3 Å². The van der Waals surface area contributed by atoms with Crippen molar-refractivity contribution in [2.75, 3.05) is 11.5 Å². The molecule has 0 bridgehead atoms. The van der Waals surface area contributed by atoms with Gasteiger partial charge >= 0.3 is 0 Å². The number of nitrogens with two attached hydrogens (primary N) is 2. The summed E-state index contributed by atoms with van der Waals surface area (Å²) in [6.45, 7) is 0. The number of rotatable bonds is 1. The molecular weight excluding hydrogens is 231 g/mol. The number of hydrogen-bond acceptors (Lipinski definition) is 4. The van der Waals surface area contributed by atoms with Crippen molar-refractivity contribution in [2.45, 2.75) is 0 Å². The fourth-order valence-electron chi connectivity index (χ4n) is 1.33. The highest BCUT2D eigenvalue weighted by atomic mass is 35.5. The van der Waals surface area contributed by atoms with Gasteiger partial charge in [-0.3, -0.25) is 0 Å². The molecule has 0 atom stereocenters. The van der Waals surface area contributed by atoms with Gasteiger partial charge in [0.2, 0.25) is 5.95 Å². The van der Waals surface area contributed by atoms with Gasteiger partial charge < -0.3 is 11.5 Å². The molecule has 1 heterocycles. The van der Waals surface area contributed by atoms with Crippen LogP contribution in [-0.2, 0) is 0 Å². The lowest BCUT2D eigenvalue weighted by Crippen LogP contribution is -2.00. The standard InChI is InChI=1S/C10H8ClFN4/c11-6-1-5(2-7(12)3-6)8-4-9(13)16-10(14)15-8/h1-4H,(H4,13,14,15,16). The lowest BCUT2D eigenvalue weighted by molar-refractivity contribution is 0.628. The van der Waals surface area contributed by atoms with E-state index in [0.717, 1.165) is 0 Å². The van der Waals surface area contributed by atoms with E-state index < -0.39 is 5.82 Å². The summed E-state index contributed by atoms with van der Waals surface area (Å²) >= 11 is 5.73. The molecule has 0 amide bonds. The van der Waals surface area contributed by atoms with E-state index in [4.69, 9.17) is 23.1 Å². The average molecular weight is 239 g/mol. The predicted molar refractivity (Wildman–Crippen MR) is 61.3 cm³/mol. The van der Waals surface area contributed by atoms with Crippen LogP contribution in [0.15, 0.2) is 24.3 Å². The van der Waals surface area contributed by atoms with Crippen LogP contribution < -0.4 is 11.5 Å². The lowest BCUT2D eigenvalue weighted by Gasteiger charge is -2.04. The van der Waals surface area contributed by atoms with Crippen molar-refractivity contribution >= 4 is 23.4 Å². The molecule has 0 radical (unpaired) electrons. The van der Waals surface area contributed by atoms with Crippen LogP contribution in [-0.4, -0.2) is 9.97 Å². The van der Waals surface area contributed by atoms with Crippen molar-refractivity contribution in [3.05, 3.63) is 35.1 Å². The largest absolute Gasteiger partial charge is 0.384 e. The summed E-state index contributed by atoms with van der Waals surface area (Å²) in [6, 6.07) is 5.58. The first-order chi connectivity index (χ1) is 7.54. The minimum absolute atomic E-state index is 0.0374. The quantitative estimate of drug-likeness (QED) is 0.798. The molecule has 2 rings (SSSR count). The molecule has 16 heavy (non-hydrogen) atoms. The summed E-state index contributed by atoms with van der Waals surface area (Å²) in [4.78, 5) is 7.67. The summed E-state index contributed by atoms with van der Waals surface area (Å²) in [5, 5.41) is 0.283. The number of hydrogen-bond donors (Lipinski definition) is 2. The highest BCUT2D eigenvalue weighted by molar-refractivity contribution is 6.30. The second-order valence-corrected chi connectivity index (χ2v) is 3.63. The highest BCUT2D eigenvalue weighted by Gasteiger charge is 2.06. The maximum absolute atomic E-state index is 13.1. The van der Waals surface area contributed by atoms with E-state index in [0.29, 0.717) is 11.3 Å². The number of benzene rings is 1. The molecule has 0 unspecified atom stereocenters. The lowest BCUT2D eigenvalue weighted by atomic mass is 10.1. The van der Waals surface area contributed by atoms with Gasteiger partial charge in [-0.2, -0.15) is 4.98 Å². The summed E-state index contributed by atoms with van der Waals surface area (Å²) in [7, 11) is 0. The highest BCUT2D eigenvalue weighted by Crippen LogP contribution is 2.24. The number of nitrogen functional groups attached to an aromatic ring is 2. The van der Waals surface area contributed by atoms with Crippen LogP contribution in [0.5, 0.6) is 0 Å². The second-order valence-electron chi connectivity index (χ2n) is 3.19. The van der Waals surface area contributed by atoms with Gasteiger partial charge in [0.25, 0.3) is 0 Å². The molecule has 82 valence electrons. The molecule has 0 aliphatic carbocycles. The minimum Gasteiger partial charge on any atom is -0.384 e. The fraction of sp³-hybridized carbons (Fsp3) is 0. The van der Waals surface area contributed by atoms with Gasteiger partial charge in [-0.25, -0.2) is 9.37 Å². The molecule has 0 aliphatic heterocycles. The van der Waals surface area contributed by atoms with Crippen LogP contribution in [0.1, 0.15) is 0 Å². The molecule has 4 N–H and O–H groups in total. The van der Waals surface area contributed by atoms with E-state index in [1.54, 1.807) is 6.07 Å². The summed E-state index contributed by atoms with van der Waals surface area (Å²) in [5.74, 6) is -0.184. The zero-order valence-electron chi connectivity index (χ0n) is 8.11. The third-order valence-electron chi connectivity index (χ3n) is 1.92. The molecule has 0 fully saturated rings. The van der Waals surface area contributed by atoms with Crippen molar-refractivity contribution in [3.63, 3.8) is 0 Å². The van der Waals surface area contributed by atoms with Gasteiger partial charge in [-0.15, -0.1) is 0 Å². The molecule has 1 aromatic carbocycles. The predicted octanol–water partition coefficient (Wildman–Crippen LogP) is 2.10. The van der Waals surface area contributed by atoms with Gasteiger partial charge in [0, 0.05) is 16.7 Å². The third-order valence-corrected chi connectivity index (χ3v) is 2.14. The topological polar surface area (TPSA) is 77.8 Å². The first-order valence-corrected chi connectivity index (χ1v) is 4.79. The normalized spacial score (nSPS) is 10.4. The third kappa shape index (κ3) is 2.20. The number of anilines is 2.